The Morgan fingerprint density at radius 3 is 2.85 bits per heavy atom. The zero-order valence-electron chi connectivity index (χ0n) is 14.8. The normalized spacial score (nSPS) is 11.0. The molecule has 3 aromatic rings. The molecule has 0 atom stereocenters. The molecular formula is C19H21ClN4OS. The van der Waals surface area contributed by atoms with Crippen LogP contribution in [0.15, 0.2) is 41.3 Å². The summed E-state index contributed by atoms with van der Waals surface area (Å²) >= 11 is 8.18. The number of thioether (sulfide) groups is 1. The Morgan fingerprint density at radius 2 is 2.08 bits per heavy atom. The van der Waals surface area contributed by atoms with Crippen LogP contribution in [-0.2, 0) is 7.05 Å². The van der Waals surface area contributed by atoms with Crippen LogP contribution in [0, 0.1) is 0 Å². The number of nitrogens with zero attached hydrogens (tertiary/aromatic N) is 3. The number of rotatable bonds is 7. The van der Waals surface area contributed by atoms with Gasteiger partial charge in [0.05, 0.1) is 0 Å². The quantitative estimate of drug-likeness (QED) is 0.614. The first kappa shape index (κ1) is 18.7. The number of halogens is 1. The number of aryl methyl sites for hydroxylation is 1. The molecule has 0 fully saturated rings. The van der Waals surface area contributed by atoms with Crippen LogP contribution in [0.2, 0.25) is 5.02 Å². The van der Waals surface area contributed by atoms with Crippen molar-refractivity contribution in [2.24, 2.45) is 7.05 Å². The van der Waals surface area contributed by atoms with Crippen molar-refractivity contribution in [1.82, 2.24) is 14.5 Å². The van der Waals surface area contributed by atoms with Gasteiger partial charge in [-0.15, -0.1) is 0 Å². The largest absolute Gasteiger partial charge is 0.354 e. The number of pyridine rings is 1. The van der Waals surface area contributed by atoms with Crippen molar-refractivity contribution >= 4 is 40.3 Å². The number of anilines is 1. The molecule has 0 bridgehead atoms. The summed E-state index contributed by atoms with van der Waals surface area (Å²) in [6.45, 7) is 2.96. The van der Waals surface area contributed by atoms with E-state index in [4.69, 9.17) is 11.6 Å². The Hall–Kier alpha value is -2.05. The minimum Gasteiger partial charge on any atom is -0.354 e. The van der Waals surface area contributed by atoms with Crippen molar-refractivity contribution in [2.45, 2.75) is 13.3 Å². The molecule has 0 saturated heterocycles. The van der Waals surface area contributed by atoms with Gasteiger partial charge >= 0.3 is 0 Å². The van der Waals surface area contributed by atoms with E-state index in [2.05, 4.69) is 22.2 Å². The molecule has 0 spiro atoms. The van der Waals surface area contributed by atoms with E-state index in [0.717, 1.165) is 29.9 Å². The number of aromatic nitrogens is 3. The van der Waals surface area contributed by atoms with Crippen molar-refractivity contribution in [1.29, 1.82) is 0 Å². The predicted molar refractivity (Wildman–Crippen MR) is 111 cm³/mol. The van der Waals surface area contributed by atoms with Crippen LogP contribution >= 0.6 is 23.4 Å². The van der Waals surface area contributed by atoms with Gasteiger partial charge in [-0.3, -0.25) is 9.36 Å². The highest BCUT2D eigenvalue weighted by molar-refractivity contribution is 7.99. The summed E-state index contributed by atoms with van der Waals surface area (Å²) in [5, 5.41) is 4.58. The highest BCUT2D eigenvalue weighted by Gasteiger charge is 2.13. The molecule has 136 valence electrons. The van der Waals surface area contributed by atoms with Crippen LogP contribution in [0.25, 0.3) is 22.2 Å². The number of hydrogen-bond donors (Lipinski definition) is 1. The minimum atomic E-state index is -0.130. The number of benzene rings is 1. The lowest BCUT2D eigenvalue weighted by molar-refractivity contribution is 0.882. The Balaban J connectivity index is 1.92. The van der Waals surface area contributed by atoms with Crippen molar-refractivity contribution in [3.8, 4) is 11.1 Å². The maximum atomic E-state index is 12.8. The lowest BCUT2D eigenvalue weighted by atomic mass is 10.1. The van der Waals surface area contributed by atoms with Gasteiger partial charge in [-0.25, -0.2) is 4.98 Å². The topological polar surface area (TPSA) is 59.8 Å². The monoisotopic (exact) mass is 388 g/mol. The van der Waals surface area contributed by atoms with Gasteiger partial charge < -0.3 is 5.32 Å². The number of nitrogens with one attached hydrogen (secondary N) is 1. The van der Waals surface area contributed by atoms with Gasteiger partial charge in [0.1, 0.15) is 5.65 Å². The molecular weight excluding hydrogens is 368 g/mol. The van der Waals surface area contributed by atoms with Gasteiger partial charge in [0.2, 0.25) is 5.95 Å². The van der Waals surface area contributed by atoms with Crippen molar-refractivity contribution in [3.05, 3.63) is 51.9 Å². The second kappa shape index (κ2) is 8.56. The van der Waals surface area contributed by atoms with Crippen LogP contribution in [-0.4, -0.2) is 32.6 Å². The molecule has 2 aromatic heterocycles. The second-order valence-corrected chi connectivity index (χ2v) is 7.65. The van der Waals surface area contributed by atoms with Gasteiger partial charge in [0, 0.05) is 41.3 Å². The summed E-state index contributed by atoms with van der Waals surface area (Å²) in [5.74, 6) is 2.78. The third-order valence-corrected chi connectivity index (χ3v) is 5.38. The van der Waals surface area contributed by atoms with E-state index in [0.29, 0.717) is 27.7 Å². The molecule has 7 heteroatoms. The lowest BCUT2D eigenvalue weighted by Gasteiger charge is -2.11. The maximum absolute atomic E-state index is 12.8. The molecule has 0 aliphatic rings. The van der Waals surface area contributed by atoms with Crippen molar-refractivity contribution in [3.63, 3.8) is 0 Å². The predicted octanol–water partition coefficient (Wildman–Crippen LogP) is 4.20. The van der Waals surface area contributed by atoms with Crippen molar-refractivity contribution in [2.75, 3.05) is 23.4 Å². The van der Waals surface area contributed by atoms with Crippen LogP contribution in [0.1, 0.15) is 13.3 Å². The smallest absolute Gasteiger partial charge is 0.259 e. The zero-order chi connectivity index (χ0) is 18.5. The number of fused-ring (bicyclic) bond motifs is 1. The third kappa shape index (κ3) is 4.02. The van der Waals surface area contributed by atoms with Crippen molar-refractivity contribution < 1.29 is 0 Å². The molecule has 1 aromatic carbocycles. The van der Waals surface area contributed by atoms with E-state index in [-0.39, 0.29) is 5.56 Å². The summed E-state index contributed by atoms with van der Waals surface area (Å²) in [7, 11) is 1.72. The minimum absolute atomic E-state index is 0.130. The summed E-state index contributed by atoms with van der Waals surface area (Å²) in [4.78, 5) is 21.7. The van der Waals surface area contributed by atoms with Gasteiger partial charge in [-0.05, 0) is 30.1 Å². The summed E-state index contributed by atoms with van der Waals surface area (Å²) in [6.07, 6.45) is 2.79. The van der Waals surface area contributed by atoms with Gasteiger partial charge in [-0.2, -0.15) is 16.7 Å². The first-order chi connectivity index (χ1) is 12.6. The first-order valence-electron chi connectivity index (χ1n) is 8.55. The molecule has 5 nitrogen and oxygen atoms in total. The fourth-order valence-electron chi connectivity index (χ4n) is 2.72. The molecule has 2 heterocycles. The van der Waals surface area contributed by atoms with E-state index < -0.39 is 0 Å². The average Bonchev–Trinajstić information content (AvgIpc) is 2.65. The SMILES string of the molecule is CCSCCCNc1ncc2cc(-c3ccccc3Cl)c(=O)n(C)c2n1. The molecule has 0 unspecified atom stereocenters. The fourth-order valence-corrected chi connectivity index (χ4v) is 3.60. The third-order valence-electron chi connectivity index (χ3n) is 4.07. The van der Waals surface area contributed by atoms with Crippen LogP contribution in [0.3, 0.4) is 0 Å². The molecule has 0 amide bonds. The summed E-state index contributed by atoms with van der Waals surface area (Å²) < 4.78 is 1.55. The fraction of sp³-hybridized carbons (Fsp3) is 0.316. The standard InChI is InChI=1S/C19H21ClN4OS/c1-3-26-10-6-9-21-19-22-12-13-11-15(14-7-4-5-8-16(14)20)18(25)24(2)17(13)23-19/h4-5,7-8,11-12H,3,6,9-10H2,1-2H3,(H,21,22,23). The second-order valence-electron chi connectivity index (χ2n) is 5.85. The molecule has 26 heavy (non-hydrogen) atoms. The molecule has 0 aliphatic heterocycles. The Bertz CT molecular complexity index is 973. The Kier molecular flexibility index (Phi) is 6.16. The van der Waals surface area contributed by atoms with E-state index in [9.17, 15) is 4.79 Å². The molecule has 0 aliphatic carbocycles. The maximum Gasteiger partial charge on any atom is 0.259 e. The lowest BCUT2D eigenvalue weighted by Crippen LogP contribution is -2.20. The van der Waals surface area contributed by atoms with Crippen LogP contribution in [0.4, 0.5) is 5.95 Å². The van der Waals surface area contributed by atoms with E-state index in [1.165, 1.54) is 0 Å². The van der Waals surface area contributed by atoms with Crippen LogP contribution < -0.4 is 10.9 Å². The average molecular weight is 389 g/mol. The van der Waals surface area contributed by atoms with Gasteiger partial charge in [0.25, 0.3) is 5.56 Å². The summed E-state index contributed by atoms with van der Waals surface area (Å²) in [6, 6.07) is 9.14. The Labute approximate surface area is 161 Å². The van der Waals surface area contributed by atoms with Gasteiger partial charge in [-0.1, -0.05) is 36.7 Å². The van der Waals surface area contributed by atoms with Gasteiger partial charge in [0.15, 0.2) is 0 Å². The Morgan fingerprint density at radius 1 is 1.27 bits per heavy atom. The van der Waals surface area contributed by atoms with E-state index >= 15 is 0 Å². The molecule has 3 rings (SSSR count). The first-order valence-corrected chi connectivity index (χ1v) is 10.1. The molecule has 1 N–H and O–H groups in total. The van der Waals surface area contributed by atoms with Crippen LogP contribution in [0.5, 0.6) is 0 Å². The summed E-state index contributed by atoms with van der Waals surface area (Å²) in [5.41, 5.74) is 1.74. The number of hydrogen-bond acceptors (Lipinski definition) is 5. The highest BCUT2D eigenvalue weighted by atomic mass is 35.5. The molecule has 0 saturated carbocycles. The highest BCUT2D eigenvalue weighted by Crippen LogP contribution is 2.26. The molecule has 0 radical (unpaired) electrons. The van der Waals surface area contributed by atoms with E-state index in [1.54, 1.807) is 29.9 Å². The van der Waals surface area contributed by atoms with E-state index in [1.807, 2.05) is 30.0 Å². The zero-order valence-corrected chi connectivity index (χ0v) is 16.4.